The summed E-state index contributed by atoms with van der Waals surface area (Å²) in [5.41, 5.74) is 5.16. The van der Waals surface area contributed by atoms with Gasteiger partial charge in [0.1, 0.15) is 18.1 Å². The Morgan fingerprint density at radius 1 is 0.852 bits per heavy atom. The van der Waals surface area contributed by atoms with E-state index in [1.54, 1.807) is 13.8 Å². The fourth-order valence-corrected chi connectivity index (χ4v) is 2.24. The summed E-state index contributed by atoms with van der Waals surface area (Å²) < 4.78 is 0. The van der Waals surface area contributed by atoms with Crippen molar-refractivity contribution in [1.82, 2.24) is 16.0 Å². The number of amides is 3. The lowest BCUT2D eigenvalue weighted by Gasteiger charge is -2.27. The zero-order valence-electron chi connectivity index (χ0n) is 15.9. The first-order valence-electron chi connectivity index (χ1n) is 8.59. The van der Waals surface area contributed by atoms with Gasteiger partial charge in [-0.15, -0.1) is 0 Å². The third kappa shape index (κ3) is 8.80. The van der Waals surface area contributed by atoms with Crippen molar-refractivity contribution in [2.24, 2.45) is 11.7 Å². The third-order valence-electron chi connectivity index (χ3n) is 3.65. The summed E-state index contributed by atoms with van der Waals surface area (Å²) in [5, 5.41) is 35.4. The van der Waals surface area contributed by atoms with Gasteiger partial charge < -0.3 is 37.0 Å². The highest BCUT2D eigenvalue weighted by Crippen LogP contribution is 2.06. The van der Waals surface area contributed by atoms with E-state index in [9.17, 15) is 34.5 Å². The molecule has 0 heterocycles. The number of carboxylic acid groups (broad SMARTS) is 1. The van der Waals surface area contributed by atoms with Crippen LogP contribution in [-0.2, 0) is 19.2 Å². The van der Waals surface area contributed by atoms with Gasteiger partial charge in [-0.05, 0) is 26.2 Å². The molecule has 0 aromatic heterocycles. The number of nitrogens with two attached hydrogens (primary N) is 1. The smallest absolute Gasteiger partial charge is 0.326 e. The van der Waals surface area contributed by atoms with Crippen LogP contribution in [0.15, 0.2) is 0 Å². The minimum absolute atomic E-state index is 0.0166. The van der Waals surface area contributed by atoms with Crippen molar-refractivity contribution >= 4 is 23.7 Å². The molecule has 0 aromatic carbocycles. The molecule has 0 aliphatic rings. The molecule has 156 valence electrons. The molecule has 5 atom stereocenters. The van der Waals surface area contributed by atoms with Gasteiger partial charge in [0.15, 0.2) is 0 Å². The Hall–Kier alpha value is -2.24. The zero-order chi connectivity index (χ0) is 21.3. The van der Waals surface area contributed by atoms with E-state index in [1.165, 1.54) is 13.8 Å². The number of carbonyl (C=O) groups is 4. The fourth-order valence-electron chi connectivity index (χ4n) is 2.24. The number of carbonyl (C=O) groups excluding carboxylic acids is 3. The molecule has 11 heteroatoms. The van der Waals surface area contributed by atoms with Gasteiger partial charge in [0.05, 0.1) is 18.8 Å². The number of nitrogens with one attached hydrogen (secondary N) is 3. The summed E-state index contributed by atoms with van der Waals surface area (Å²) in [6, 6.07) is -4.08. The van der Waals surface area contributed by atoms with Crippen molar-refractivity contribution in [3.8, 4) is 0 Å². The first-order chi connectivity index (χ1) is 12.4. The number of aliphatic hydroxyl groups excluding tert-OH is 2. The van der Waals surface area contributed by atoms with Crippen LogP contribution in [0.5, 0.6) is 0 Å². The Bertz CT molecular complexity index is 537. The lowest BCUT2D eigenvalue weighted by Crippen LogP contribution is -2.61. The van der Waals surface area contributed by atoms with Crippen molar-refractivity contribution in [1.29, 1.82) is 0 Å². The summed E-state index contributed by atoms with van der Waals surface area (Å²) in [4.78, 5) is 47.4. The van der Waals surface area contributed by atoms with Gasteiger partial charge in [0.2, 0.25) is 17.7 Å². The second-order valence-corrected chi connectivity index (χ2v) is 6.75. The number of carboxylic acids is 1. The topological polar surface area (TPSA) is 191 Å². The van der Waals surface area contributed by atoms with Crippen LogP contribution in [0, 0.1) is 5.92 Å². The van der Waals surface area contributed by atoms with Crippen LogP contribution in [0.3, 0.4) is 0 Å². The van der Waals surface area contributed by atoms with E-state index in [0.717, 1.165) is 0 Å². The van der Waals surface area contributed by atoms with Crippen LogP contribution < -0.4 is 21.7 Å². The summed E-state index contributed by atoms with van der Waals surface area (Å²) >= 11 is 0. The summed E-state index contributed by atoms with van der Waals surface area (Å²) in [7, 11) is 0. The molecule has 0 fully saturated rings. The van der Waals surface area contributed by atoms with Crippen molar-refractivity contribution in [3.05, 3.63) is 0 Å². The SMILES string of the molecule is CC(C)CC(NC(=O)C(NC(=O)C(NC(=O)CN)C(C)O)C(C)O)C(=O)O. The molecular weight excluding hydrogens is 360 g/mol. The molecule has 0 bridgehead atoms. The first kappa shape index (κ1) is 24.8. The van der Waals surface area contributed by atoms with Gasteiger partial charge in [0.25, 0.3) is 0 Å². The van der Waals surface area contributed by atoms with Crippen LogP contribution in [0.2, 0.25) is 0 Å². The van der Waals surface area contributed by atoms with Crippen LogP contribution >= 0.6 is 0 Å². The van der Waals surface area contributed by atoms with Crippen molar-refractivity contribution in [2.45, 2.75) is 64.4 Å². The molecule has 0 aliphatic heterocycles. The lowest BCUT2D eigenvalue weighted by molar-refractivity contribution is -0.143. The number of hydrogen-bond donors (Lipinski definition) is 7. The highest BCUT2D eigenvalue weighted by molar-refractivity contribution is 5.94. The zero-order valence-corrected chi connectivity index (χ0v) is 15.9. The molecule has 0 radical (unpaired) electrons. The van der Waals surface area contributed by atoms with Crippen LogP contribution in [0.4, 0.5) is 0 Å². The Balaban J connectivity index is 5.24. The van der Waals surface area contributed by atoms with Gasteiger partial charge in [-0.25, -0.2) is 4.79 Å². The van der Waals surface area contributed by atoms with Crippen molar-refractivity contribution in [3.63, 3.8) is 0 Å². The largest absolute Gasteiger partial charge is 0.480 e. The molecule has 8 N–H and O–H groups in total. The van der Waals surface area contributed by atoms with Gasteiger partial charge in [0, 0.05) is 0 Å². The predicted octanol–water partition coefficient (Wildman–Crippen LogP) is -2.71. The molecule has 11 nitrogen and oxygen atoms in total. The van der Waals surface area contributed by atoms with Crippen LogP contribution in [0.1, 0.15) is 34.1 Å². The molecule has 0 rings (SSSR count). The second-order valence-electron chi connectivity index (χ2n) is 6.75. The van der Waals surface area contributed by atoms with E-state index in [4.69, 9.17) is 5.73 Å². The van der Waals surface area contributed by atoms with Crippen molar-refractivity contribution in [2.75, 3.05) is 6.54 Å². The van der Waals surface area contributed by atoms with Gasteiger partial charge >= 0.3 is 5.97 Å². The summed E-state index contributed by atoms with van der Waals surface area (Å²) in [6.45, 7) is 5.64. The lowest BCUT2D eigenvalue weighted by atomic mass is 10.0. The minimum atomic E-state index is -1.48. The summed E-state index contributed by atoms with van der Waals surface area (Å²) in [5.74, 6) is -3.79. The number of hydrogen-bond acceptors (Lipinski definition) is 7. The minimum Gasteiger partial charge on any atom is -0.480 e. The number of aliphatic carboxylic acids is 1. The van der Waals surface area contributed by atoms with E-state index in [1.807, 2.05) is 0 Å². The molecule has 0 saturated carbocycles. The molecule has 3 amide bonds. The average Bonchev–Trinajstić information content (AvgIpc) is 2.54. The molecular formula is C16H30N4O7. The Morgan fingerprint density at radius 3 is 1.67 bits per heavy atom. The maximum absolute atomic E-state index is 12.4. The molecule has 0 spiro atoms. The highest BCUT2D eigenvalue weighted by atomic mass is 16.4. The molecule has 0 aliphatic carbocycles. The maximum atomic E-state index is 12.4. The number of aliphatic hydroxyl groups is 2. The molecule has 0 saturated heterocycles. The monoisotopic (exact) mass is 390 g/mol. The standard InChI is InChI=1S/C16H30N4O7/c1-7(2)5-10(16(26)27)18-14(24)13(9(4)22)20-15(25)12(8(3)21)19-11(23)6-17/h7-10,12-13,21-22H,5-6,17H2,1-4H3,(H,18,24)(H,19,23)(H,20,25)(H,26,27). The van der Waals surface area contributed by atoms with E-state index in [2.05, 4.69) is 16.0 Å². The molecule has 0 aromatic rings. The third-order valence-corrected chi connectivity index (χ3v) is 3.65. The normalized spacial score (nSPS) is 16.6. The Labute approximate surface area is 157 Å². The first-order valence-corrected chi connectivity index (χ1v) is 8.59. The van der Waals surface area contributed by atoms with Gasteiger partial charge in [-0.1, -0.05) is 13.8 Å². The summed E-state index contributed by atoms with van der Waals surface area (Å²) in [6.07, 6.45) is -2.50. The van der Waals surface area contributed by atoms with Crippen LogP contribution in [-0.4, -0.2) is 75.9 Å². The van der Waals surface area contributed by atoms with E-state index in [-0.39, 0.29) is 12.3 Å². The second kappa shape index (κ2) is 11.5. The number of rotatable bonds is 11. The average molecular weight is 390 g/mol. The fraction of sp³-hybridized carbons (Fsp3) is 0.750. The molecule has 5 unspecified atom stereocenters. The Kier molecular flexibility index (Phi) is 10.5. The van der Waals surface area contributed by atoms with E-state index >= 15 is 0 Å². The molecule has 27 heavy (non-hydrogen) atoms. The van der Waals surface area contributed by atoms with E-state index < -0.39 is 60.6 Å². The van der Waals surface area contributed by atoms with Gasteiger partial charge in [-0.3, -0.25) is 14.4 Å². The quantitative estimate of drug-likeness (QED) is 0.198. The predicted molar refractivity (Wildman–Crippen MR) is 95.3 cm³/mol. The Morgan fingerprint density at radius 2 is 1.30 bits per heavy atom. The van der Waals surface area contributed by atoms with Crippen molar-refractivity contribution < 1.29 is 34.5 Å². The maximum Gasteiger partial charge on any atom is 0.326 e. The van der Waals surface area contributed by atoms with Crippen LogP contribution in [0.25, 0.3) is 0 Å². The van der Waals surface area contributed by atoms with Gasteiger partial charge in [-0.2, -0.15) is 0 Å². The van der Waals surface area contributed by atoms with E-state index in [0.29, 0.717) is 0 Å². The highest BCUT2D eigenvalue weighted by Gasteiger charge is 2.33.